The van der Waals surface area contributed by atoms with Crippen molar-refractivity contribution in [2.45, 2.75) is 13.3 Å². The van der Waals surface area contributed by atoms with Crippen LogP contribution in [0.25, 0.3) is 10.2 Å². The molecule has 0 N–H and O–H groups in total. The highest BCUT2D eigenvalue weighted by Crippen LogP contribution is 2.23. The SMILES string of the molecule is Cc1c(C(=O)OCCc2nc3ccccc3s2)cccc1[N+](=O)[O-]. The maximum Gasteiger partial charge on any atom is 0.338 e. The Morgan fingerprint density at radius 3 is 2.79 bits per heavy atom. The van der Waals surface area contributed by atoms with Crippen LogP contribution in [0.5, 0.6) is 0 Å². The van der Waals surface area contributed by atoms with Gasteiger partial charge in [0, 0.05) is 18.1 Å². The van der Waals surface area contributed by atoms with Gasteiger partial charge < -0.3 is 4.74 Å². The number of aromatic nitrogens is 1. The summed E-state index contributed by atoms with van der Waals surface area (Å²) in [6, 6.07) is 12.2. The van der Waals surface area contributed by atoms with Crippen LogP contribution in [0.15, 0.2) is 42.5 Å². The van der Waals surface area contributed by atoms with Crippen molar-refractivity contribution in [3.8, 4) is 0 Å². The average molecular weight is 342 g/mol. The second-order valence-electron chi connectivity index (χ2n) is 5.17. The normalized spacial score (nSPS) is 10.7. The summed E-state index contributed by atoms with van der Waals surface area (Å²) in [7, 11) is 0. The van der Waals surface area contributed by atoms with Gasteiger partial charge in [-0.1, -0.05) is 18.2 Å². The smallest absolute Gasteiger partial charge is 0.338 e. The highest BCUT2D eigenvalue weighted by molar-refractivity contribution is 7.18. The van der Waals surface area contributed by atoms with E-state index in [1.54, 1.807) is 18.3 Å². The number of nitro benzene ring substituents is 1. The third-order valence-electron chi connectivity index (χ3n) is 3.61. The van der Waals surface area contributed by atoms with E-state index in [9.17, 15) is 14.9 Å². The first-order valence-electron chi connectivity index (χ1n) is 7.32. The molecular weight excluding hydrogens is 328 g/mol. The van der Waals surface area contributed by atoms with Crippen LogP contribution in [0, 0.1) is 17.0 Å². The molecule has 1 heterocycles. The van der Waals surface area contributed by atoms with E-state index in [0.717, 1.165) is 15.2 Å². The van der Waals surface area contributed by atoms with Gasteiger partial charge in [0.15, 0.2) is 0 Å². The number of thiazole rings is 1. The van der Waals surface area contributed by atoms with E-state index in [0.29, 0.717) is 12.0 Å². The zero-order chi connectivity index (χ0) is 17.1. The molecule has 0 aliphatic carbocycles. The van der Waals surface area contributed by atoms with Crippen molar-refractivity contribution < 1.29 is 14.5 Å². The van der Waals surface area contributed by atoms with Crippen LogP contribution in [0.2, 0.25) is 0 Å². The van der Waals surface area contributed by atoms with E-state index >= 15 is 0 Å². The molecule has 7 heteroatoms. The Labute approximate surface area is 141 Å². The van der Waals surface area contributed by atoms with Gasteiger partial charge in [0.2, 0.25) is 0 Å². The van der Waals surface area contributed by atoms with Gasteiger partial charge in [0.05, 0.1) is 32.3 Å². The third-order valence-corrected chi connectivity index (χ3v) is 4.71. The maximum absolute atomic E-state index is 12.1. The van der Waals surface area contributed by atoms with Gasteiger partial charge in [-0.3, -0.25) is 10.1 Å². The maximum atomic E-state index is 12.1. The summed E-state index contributed by atoms with van der Waals surface area (Å²) in [5.74, 6) is -0.558. The monoisotopic (exact) mass is 342 g/mol. The number of esters is 1. The van der Waals surface area contributed by atoms with Gasteiger partial charge in [-0.05, 0) is 25.1 Å². The largest absolute Gasteiger partial charge is 0.462 e. The lowest BCUT2D eigenvalue weighted by Gasteiger charge is -2.06. The lowest BCUT2D eigenvalue weighted by Crippen LogP contribution is -2.10. The Morgan fingerprint density at radius 1 is 1.25 bits per heavy atom. The van der Waals surface area contributed by atoms with Gasteiger partial charge in [-0.25, -0.2) is 9.78 Å². The molecule has 0 saturated carbocycles. The minimum Gasteiger partial charge on any atom is -0.462 e. The molecule has 3 rings (SSSR count). The topological polar surface area (TPSA) is 82.3 Å². The number of rotatable bonds is 5. The Hall–Kier alpha value is -2.80. The van der Waals surface area contributed by atoms with Crippen LogP contribution in [0.1, 0.15) is 20.9 Å². The van der Waals surface area contributed by atoms with Crippen molar-refractivity contribution in [1.82, 2.24) is 4.98 Å². The zero-order valence-electron chi connectivity index (χ0n) is 12.9. The molecule has 0 spiro atoms. The van der Waals surface area contributed by atoms with Crippen LogP contribution in [-0.4, -0.2) is 22.5 Å². The second-order valence-corrected chi connectivity index (χ2v) is 6.28. The van der Waals surface area contributed by atoms with Gasteiger partial charge in [0.25, 0.3) is 5.69 Å². The fraction of sp³-hybridized carbons (Fsp3) is 0.176. The molecule has 0 unspecified atom stereocenters. The number of fused-ring (bicyclic) bond motifs is 1. The summed E-state index contributed by atoms with van der Waals surface area (Å²) < 4.78 is 6.34. The molecule has 0 saturated heterocycles. The molecule has 0 atom stereocenters. The van der Waals surface area contributed by atoms with Crippen molar-refractivity contribution in [1.29, 1.82) is 0 Å². The molecule has 0 fully saturated rings. The summed E-state index contributed by atoms with van der Waals surface area (Å²) in [4.78, 5) is 27.0. The van der Waals surface area contributed by atoms with E-state index in [1.807, 2.05) is 24.3 Å². The van der Waals surface area contributed by atoms with Crippen LogP contribution >= 0.6 is 11.3 Å². The summed E-state index contributed by atoms with van der Waals surface area (Å²) in [6.07, 6.45) is 0.513. The van der Waals surface area contributed by atoms with Crippen LogP contribution in [0.3, 0.4) is 0 Å². The molecule has 6 nitrogen and oxygen atoms in total. The van der Waals surface area contributed by atoms with Crippen molar-refractivity contribution in [2.75, 3.05) is 6.61 Å². The number of hydrogen-bond donors (Lipinski definition) is 0. The fourth-order valence-corrected chi connectivity index (χ4v) is 3.33. The van der Waals surface area contributed by atoms with Crippen LogP contribution < -0.4 is 0 Å². The predicted octanol–water partition coefficient (Wildman–Crippen LogP) is 3.91. The number of nitrogens with zero attached hydrogens (tertiary/aromatic N) is 2. The molecule has 3 aromatic rings. The summed E-state index contributed by atoms with van der Waals surface area (Å²) in [5, 5.41) is 11.8. The van der Waals surface area contributed by atoms with E-state index in [2.05, 4.69) is 4.98 Å². The minimum atomic E-state index is -0.558. The molecule has 1 aromatic heterocycles. The second kappa shape index (κ2) is 6.76. The Bertz CT molecular complexity index is 887. The van der Waals surface area contributed by atoms with Gasteiger partial charge in [-0.2, -0.15) is 0 Å². The third kappa shape index (κ3) is 3.26. The Kier molecular flexibility index (Phi) is 4.52. The molecule has 0 bridgehead atoms. The summed E-state index contributed by atoms with van der Waals surface area (Å²) >= 11 is 1.56. The van der Waals surface area contributed by atoms with Crippen molar-refractivity contribution in [3.63, 3.8) is 0 Å². The summed E-state index contributed by atoms with van der Waals surface area (Å²) in [5.41, 5.74) is 1.37. The molecule has 0 amide bonds. The Morgan fingerprint density at radius 2 is 2.04 bits per heavy atom. The van der Waals surface area contributed by atoms with Crippen molar-refractivity contribution in [3.05, 3.63) is 68.7 Å². The molecule has 2 aromatic carbocycles. The molecule has 122 valence electrons. The van der Waals surface area contributed by atoms with Crippen LogP contribution in [0.4, 0.5) is 5.69 Å². The van der Waals surface area contributed by atoms with E-state index in [4.69, 9.17) is 4.74 Å². The first-order chi connectivity index (χ1) is 11.6. The van der Waals surface area contributed by atoms with E-state index < -0.39 is 10.9 Å². The lowest BCUT2D eigenvalue weighted by atomic mass is 10.1. The summed E-state index contributed by atoms with van der Waals surface area (Å²) in [6.45, 7) is 1.73. The van der Waals surface area contributed by atoms with Crippen molar-refractivity contribution >= 4 is 33.2 Å². The quantitative estimate of drug-likeness (QED) is 0.399. The molecule has 0 aliphatic rings. The highest BCUT2D eigenvalue weighted by Gasteiger charge is 2.19. The number of para-hydroxylation sites is 1. The number of carbonyl (C=O) groups is 1. The van der Waals surface area contributed by atoms with Gasteiger partial charge in [-0.15, -0.1) is 11.3 Å². The lowest BCUT2D eigenvalue weighted by molar-refractivity contribution is -0.385. The number of hydrogen-bond acceptors (Lipinski definition) is 6. The van der Waals surface area contributed by atoms with Gasteiger partial charge >= 0.3 is 5.97 Å². The number of benzene rings is 2. The first-order valence-corrected chi connectivity index (χ1v) is 8.13. The standard InChI is InChI=1S/C17H14N2O4S/c1-11-12(5-4-7-14(11)19(21)22)17(20)23-10-9-16-18-13-6-2-3-8-15(13)24-16/h2-8H,9-10H2,1H3. The Balaban J connectivity index is 1.65. The average Bonchev–Trinajstić information content (AvgIpc) is 2.97. The van der Waals surface area contributed by atoms with Crippen LogP contribution in [-0.2, 0) is 11.2 Å². The minimum absolute atomic E-state index is 0.0874. The zero-order valence-corrected chi connectivity index (χ0v) is 13.7. The number of ether oxygens (including phenoxy) is 1. The molecule has 0 aliphatic heterocycles. The van der Waals surface area contributed by atoms with Gasteiger partial charge in [0.1, 0.15) is 0 Å². The van der Waals surface area contributed by atoms with E-state index in [-0.39, 0.29) is 17.9 Å². The first kappa shape index (κ1) is 16.1. The number of nitro groups is 1. The molecular formula is C17H14N2O4S. The molecule has 0 radical (unpaired) electrons. The predicted molar refractivity (Wildman–Crippen MR) is 91.4 cm³/mol. The van der Waals surface area contributed by atoms with Crippen molar-refractivity contribution in [2.24, 2.45) is 0 Å². The molecule has 24 heavy (non-hydrogen) atoms. The highest BCUT2D eigenvalue weighted by atomic mass is 32.1. The fourth-order valence-electron chi connectivity index (χ4n) is 2.38. The van der Waals surface area contributed by atoms with E-state index in [1.165, 1.54) is 18.2 Å². The number of carbonyl (C=O) groups excluding carboxylic acids is 1.